The minimum absolute atomic E-state index is 0.0294. The first-order valence-corrected chi connectivity index (χ1v) is 5.64. The monoisotopic (exact) mass is 230 g/mol. The van der Waals surface area contributed by atoms with Gasteiger partial charge in [-0.1, -0.05) is 0 Å². The molecule has 5 heteroatoms. The Morgan fingerprint density at radius 3 is 2.75 bits per heavy atom. The van der Waals surface area contributed by atoms with Crippen molar-refractivity contribution in [3.05, 3.63) is 0 Å². The molecule has 0 aromatic heterocycles. The average Bonchev–Trinajstić information content (AvgIpc) is 2.15. The van der Waals surface area contributed by atoms with Crippen LogP contribution in [0.25, 0.3) is 0 Å². The minimum atomic E-state index is -0.496. The van der Waals surface area contributed by atoms with Gasteiger partial charge in [0, 0.05) is 18.5 Å². The van der Waals surface area contributed by atoms with Crippen LogP contribution < -0.4 is 5.73 Å². The Kier molecular flexibility index (Phi) is 4.29. The second-order valence-corrected chi connectivity index (χ2v) is 5.20. The predicted octanol–water partition coefficient (Wildman–Crippen LogP) is -0.278. The van der Waals surface area contributed by atoms with E-state index in [0.29, 0.717) is 19.6 Å². The lowest BCUT2D eigenvalue weighted by atomic mass is 10.0. The van der Waals surface area contributed by atoms with Gasteiger partial charge in [-0.3, -0.25) is 4.79 Å². The number of ether oxygens (including phenoxy) is 1. The lowest BCUT2D eigenvalue weighted by Gasteiger charge is -2.38. The number of carbonyl (C=O) groups is 1. The third-order valence-electron chi connectivity index (χ3n) is 2.64. The molecule has 1 aliphatic rings. The highest BCUT2D eigenvalue weighted by atomic mass is 16.5. The number of morpholine rings is 1. The first-order chi connectivity index (χ1) is 7.33. The molecule has 16 heavy (non-hydrogen) atoms. The zero-order valence-corrected chi connectivity index (χ0v) is 10.3. The number of aliphatic hydroxyl groups excluding tert-OH is 1. The lowest BCUT2D eigenvalue weighted by Crippen LogP contribution is -2.53. The van der Waals surface area contributed by atoms with Gasteiger partial charge in [0.25, 0.3) is 0 Å². The van der Waals surface area contributed by atoms with Crippen molar-refractivity contribution in [3.8, 4) is 0 Å². The molecule has 0 aliphatic carbocycles. The summed E-state index contributed by atoms with van der Waals surface area (Å²) in [6, 6.07) is 0.0534. The number of rotatable bonds is 3. The normalized spacial score (nSPS) is 26.9. The molecule has 1 fully saturated rings. The van der Waals surface area contributed by atoms with Crippen LogP contribution in [0.1, 0.15) is 27.2 Å². The van der Waals surface area contributed by atoms with Crippen LogP contribution in [0.3, 0.4) is 0 Å². The maximum absolute atomic E-state index is 12.0. The minimum Gasteiger partial charge on any atom is -0.394 e. The number of amides is 1. The zero-order chi connectivity index (χ0) is 12.3. The molecule has 0 spiro atoms. The van der Waals surface area contributed by atoms with E-state index in [9.17, 15) is 4.79 Å². The highest BCUT2D eigenvalue weighted by Crippen LogP contribution is 2.15. The third-order valence-corrected chi connectivity index (χ3v) is 2.64. The van der Waals surface area contributed by atoms with E-state index in [1.165, 1.54) is 0 Å². The summed E-state index contributed by atoms with van der Waals surface area (Å²) in [5.74, 6) is 0.0294. The molecule has 3 N–H and O–H groups in total. The molecule has 1 saturated heterocycles. The van der Waals surface area contributed by atoms with Crippen LogP contribution in [-0.2, 0) is 9.53 Å². The lowest BCUT2D eigenvalue weighted by molar-refractivity contribution is -0.147. The second-order valence-electron chi connectivity index (χ2n) is 5.20. The first-order valence-electron chi connectivity index (χ1n) is 5.64. The van der Waals surface area contributed by atoms with Crippen molar-refractivity contribution in [2.24, 2.45) is 5.73 Å². The summed E-state index contributed by atoms with van der Waals surface area (Å²) in [6.07, 6.45) is 0.0520. The van der Waals surface area contributed by atoms with Gasteiger partial charge in [0.1, 0.15) is 0 Å². The van der Waals surface area contributed by atoms with Gasteiger partial charge in [0.2, 0.25) is 5.91 Å². The molecule has 0 aromatic carbocycles. The predicted molar refractivity (Wildman–Crippen MR) is 60.9 cm³/mol. The Labute approximate surface area is 96.6 Å². The highest BCUT2D eigenvalue weighted by Gasteiger charge is 2.31. The van der Waals surface area contributed by atoms with Crippen molar-refractivity contribution in [3.63, 3.8) is 0 Å². The van der Waals surface area contributed by atoms with Gasteiger partial charge < -0.3 is 20.5 Å². The topological polar surface area (TPSA) is 75.8 Å². The number of carbonyl (C=O) groups excluding carboxylic acids is 1. The zero-order valence-electron chi connectivity index (χ0n) is 10.3. The van der Waals surface area contributed by atoms with Crippen molar-refractivity contribution < 1.29 is 14.6 Å². The maximum Gasteiger partial charge on any atom is 0.224 e. The third kappa shape index (κ3) is 3.73. The quantitative estimate of drug-likeness (QED) is 0.699. The van der Waals surface area contributed by atoms with Gasteiger partial charge in [-0.15, -0.1) is 0 Å². The molecule has 1 heterocycles. The van der Waals surface area contributed by atoms with E-state index in [1.807, 2.05) is 20.8 Å². The van der Waals surface area contributed by atoms with Crippen LogP contribution in [0.5, 0.6) is 0 Å². The molecule has 94 valence electrons. The van der Waals surface area contributed by atoms with Crippen molar-refractivity contribution in [2.45, 2.75) is 44.9 Å². The summed E-state index contributed by atoms with van der Waals surface area (Å²) >= 11 is 0. The number of hydrogen-bond acceptors (Lipinski definition) is 4. The maximum atomic E-state index is 12.0. The van der Waals surface area contributed by atoms with Crippen LogP contribution in [0, 0.1) is 0 Å². The van der Waals surface area contributed by atoms with E-state index >= 15 is 0 Å². The molecule has 0 saturated carbocycles. The number of nitrogens with two attached hydrogens (primary N) is 1. The average molecular weight is 230 g/mol. The van der Waals surface area contributed by atoms with Crippen LogP contribution in [0.2, 0.25) is 0 Å². The van der Waals surface area contributed by atoms with Gasteiger partial charge in [-0.2, -0.15) is 0 Å². The van der Waals surface area contributed by atoms with E-state index in [2.05, 4.69) is 0 Å². The Balaban J connectivity index is 2.59. The molecule has 1 aliphatic heterocycles. The van der Waals surface area contributed by atoms with Crippen molar-refractivity contribution in [2.75, 3.05) is 19.8 Å². The Morgan fingerprint density at radius 1 is 1.62 bits per heavy atom. The van der Waals surface area contributed by atoms with Crippen molar-refractivity contribution >= 4 is 5.91 Å². The fourth-order valence-electron chi connectivity index (χ4n) is 1.77. The van der Waals surface area contributed by atoms with Gasteiger partial charge in [0.15, 0.2) is 0 Å². The van der Waals surface area contributed by atoms with E-state index in [1.54, 1.807) is 4.90 Å². The number of nitrogens with zero attached hydrogens (tertiary/aromatic N) is 1. The smallest absolute Gasteiger partial charge is 0.224 e. The number of aliphatic hydroxyl groups is 1. The molecule has 0 radical (unpaired) electrons. The van der Waals surface area contributed by atoms with Crippen molar-refractivity contribution in [1.29, 1.82) is 0 Å². The molecular weight excluding hydrogens is 208 g/mol. The Morgan fingerprint density at radius 2 is 2.25 bits per heavy atom. The highest BCUT2D eigenvalue weighted by molar-refractivity contribution is 5.77. The van der Waals surface area contributed by atoms with Crippen LogP contribution in [0.4, 0.5) is 0 Å². The summed E-state index contributed by atoms with van der Waals surface area (Å²) in [4.78, 5) is 13.7. The summed E-state index contributed by atoms with van der Waals surface area (Å²) in [6.45, 7) is 6.48. The molecular formula is C11H22N2O3. The standard InChI is InChI=1S/C11H22N2O3/c1-8-7-16-9(6-14)5-13(8)10(15)4-11(2,3)12/h8-9,14H,4-7,12H2,1-3H3. The van der Waals surface area contributed by atoms with Crippen LogP contribution in [0.15, 0.2) is 0 Å². The fourth-order valence-corrected chi connectivity index (χ4v) is 1.77. The summed E-state index contributed by atoms with van der Waals surface area (Å²) in [5.41, 5.74) is 5.33. The molecule has 1 amide bonds. The van der Waals surface area contributed by atoms with E-state index in [-0.39, 0.29) is 24.7 Å². The summed E-state index contributed by atoms with van der Waals surface area (Å²) in [5, 5.41) is 9.02. The van der Waals surface area contributed by atoms with Crippen molar-refractivity contribution in [1.82, 2.24) is 4.90 Å². The molecule has 0 aromatic rings. The fraction of sp³-hybridized carbons (Fsp3) is 0.909. The largest absolute Gasteiger partial charge is 0.394 e. The Bertz CT molecular complexity index is 250. The molecule has 2 atom stereocenters. The van der Waals surface area contributed by atoms with E-state index < -0.39 is 5.54 Å². The van der Waals surface area contributed by atoms with Crippen LogP contribution in [-0.4, -0.2) is 53.4 Å². The molecule has 2 unspecified atom stereocenters. The van der Waals surface area contributed by atoms with Gasteiger partial charge in [0.05, 0.1) is 25.4 Å². The summed E-state index contributed by atoms with van der Waals surface area (Å²) in [7, 11) is 0. The van der Waals surface area contributed by atoms with Gasteiger partial charge in [-0.05, 0) is 20.8 Å². The van der Waals surface area contributed by atoms with E-state index in [0.717, 1.165) is 0 Å². The number of hydrogen-bond donors (Lipinski definition) is 2. The molecule has 5 nitrogen and oxygen atoms in total. The Hall–Kier alpha value is -0.650. The molecule has 1 rings (SSSR count). The van der Waals surface area contributed by atoms with Crippen LogP contribution >= 0.6 is 0 Å². The van der Waals surface area contributed by atoms with Gasteiger partial charge in [-0.25, -0.2) is 0 Å². The molecule has 0 bridgehead atoms. The van der Waals surface area contributed by atoms with Gasteiger partial charge >= 0.3 is 0 Å². The SMILES string of the molecule is CC1COC(CO)CN1C(=O)CC(C)(C)N. The van der Waals surface area contributed by atoms with E-state index in [4.69, 9.17) is 15.6 Å². The summed E-state index contributed by atoms with van der Waals surface area (Å²) < 4.78 is 5.37. The first kappa shape index (κ1) is 13.4. The second kappa shape index (κ2) is 5.12.